The van der Waals surface area contributed by atoms with E-state index in [1.807, 2.05) is 0 Å². The van der Waals surface area contributed by atoms with E-state index in [1.165, 1.54) is 44.0 Å². The van der Waals surface area contributed by atoms with Gasteiger partial charge >= 0.3 is 6.92 Å². The van der Waals surface area contributed by atoms with Gasteiger partial charge < -0.3 is 4.65 Å². The van der Waals surface area contributed by atoms with E-state index < -0.39 is 0 Å². The Labute approximate surface area is 81.7 Å². The standard InChI is InChI=1S/C11H19BO/c1-9(2)12-10-5-3-7-11(13-12)8-4-6-10/h10-11H,1,3-8H2,2H3. The van der Waals surface area contributed by atoms with Crippen LogP contribution in [-0.2, 0) is 4.65 Å². The predicted octanol–water partition coefficient (Wildman–Crippen LogP) is 3.22. The molecule has 2 heterocycles. The molecule has 0 aromatic rings. The largest absolute Gasteiger partial charge is 0.428 e. The Hall–Kier alpha value is -0.235. The maximum atomic E-state index is 6.10. The lowest BCUT2D eigenvalue weighted by atomic mass is 9.49. The molecule has 2 bridgehead atoms. The molecule has 0 amide bonds. The second-order valence-electron chi connectivity index (χ2n) is 4.65. The summed E-state index contributed by atoms with van der Waals surface area (Å²) in [6, 6.07) is 0. The van der Waals surface area contributed by atoms with Gasteiger partial charge in [-0.25, -0.2) is 0 Å². The number of hydrogen-bond donors (Lipinski definition) is 0. The molecule has 0 aromatic carbocycles. The highest BCUT2D eigenvalue weighted by Crippen LogP contribution is 2.38. The van der Waals surface area contributed by atoms with Crippen molar-refractivity contribution in [2.24, 2.45) is 0 Å². The fourth-order valence-corrected chi connectivity index (χ4v) is 2.78. The summed E-state index contributed by atoms with van der Waals surface area (Å²) >= 11 is 0. The Balaban J connectivity index is 2.14. The van der Waals surface area contributed by atoms with Gasteiger partial charge in [-0.2, -0.15) is 0 Å². The lowest BCUT2D eigenvalue weighted by Crippen LogP contribution is -2.26. The molecule has 0 saturated carbocycles. The van der Waals surface area contributed by atoms with Gasteiger partial charge in [-0.1, -0.05) is 31.2 Å². The van der Waals surface area contributed by atoms with Crippen molar-refractivity contribution >= 4 is 6.92 Å². The number of fused-ring (bicyclic) bond motifs is 3. The molecule has 2 fully saturated rings. The Bertz CT molecular complexity index is 192. The maximum Gasteiger partial charge on any atom is 0.325 e. The van der Waals surface area contributed by atoms with E-state index in [2.05, 4.69) is 13.5 Å². The van der Waals surface area contributed by atoms with Crippen LogP contribution >= 0.6 is 0 Å². The molecular weight excluding hydrogens is 159 g/mol. The van der Waals surface area contributed by atoms with Gasteiger partial charge in [0.2, 0.25) is 0 Å². The third-order valence-electron chi connectivity index (χ3n) is 3.45. The first-order chi connectivity index (χ1) is 6.27. The van der Waals surface area contributed by atoms with Gasteiger partial charge in [0.25, 0.3) is 0 Å². The molecule has 0 N–H and O–H groups in total. The highest BCUT2D eigenvalue weighted by molar-refractivity contribution is 6.61. The van der Waals surface area contributed by atoms with Gasteiger partial charge in [0.05, 0.1) is 0 Å². The van der Waals surface area contributed by atoms with Crippen LogP contribution in [0.3, 0.4) is 0 Å². The number of rotatable bonds is 1. The minimum Gasteiger partial charge on any atom is -0.428 e. The van der Waals surface area contributed by atoms with Gasteiger partial charge in [0.15, 0.2) is 0 Å². The fourth-order valence-electron chi connectivity index (χ4n) is 2.78. The highest BCUT2D eigenvalue weighted by Gasteiger charge is 2.35. The van der Waals surface area contributed by atoms with E-state index in [1.54, 1.807) is 0 Å². The SMILES string of the molecule is C=C(C)B1OC2CCCC1CCC2. The lowest BCUT2D eigenvalue weighted by Gasteiger charge is -2.19. The summed E-state index contributed by atoms with van der Waals surface area (Å²) in [5.41, 5.74) is 1.24. The molecule has 2 aliphatic heterocycles. The molecule has 0 unspecified atom stereocenters. The van der Waals surface area contributed by atoms with Gasteiger partial charge in [0, 0.05) is 6.10 Å². The first kappa shape index (κ1) is 9.33. The molecule has 0 aliphatic carbocycles. The van der Waals surface area contributed by atoms with E-state index in [4.69, 9.17) is 4.65 Å². The van der Waals surface area contributed by atoms with Crippen LogP contribution in [0.15, 0.2) is 12.1 Å². The summed E-state index contributed by atoms with van der Waals surface area (Å²) < 4.78 is 6.10. The summed E-state index contributed by atoms with van der Waals surface area (Å²) in [5, 5.41) is 0. The molecule has 0 aromatic heterocycles. The van der Waals surface area contributed by atoms with E-state index in [0.717, 1.165) is 5.82 Å². The molecule has 0 atom stereocenters. The Morgan fingerprint density at radius 1 is 1.23 bits per heavy atom. The Morgan fingerprint density at radius 3 is 2.38 bits per heavy atom. The van der Waals surface area contributed by atoms with E-state index in [-0.39, 0.29) is 0 Å². The van der Waals surface area contributed by atoms with Crippen LogP contribution in [0.1, 0.15) is 45.4 Å². The molecule has 2 aliphatic rings. The van der Waals surface area contributed by atoms with Crippen LogP contribution in [-0.4, -0.2) is 13.0 Å². The highest BCUT2D eigenvalue weighted by atomic mass is 16.4. The summed E-state index contributed by atoms with van der Waals surface area (Å²) in [5.74, 6) is 0.769. The van der Waals surface area contributed by atoms with Crippen LogP contribution in [0.4, 0.5) is 0 Å². The van der Waals surface area contributed by atoms with E-state index in [9.17, 15) is 0 Å². The van der Waals surface area contributed by atoms with Gasteiger partial charge in [-0.3, -0.25) is 0 Å². The first-order valence-corrected chi connectivity index (χ1v) is 5.58. The van der Waals surface area contributed by atoms with Gasteiger partial charge in [-0.05, 0) is 25.6 Å². The molecule has 0 spiro atoms. The average Bonchev–Trinajstić information content (AvgIpc) is 2.32. The number of allylic oxidation sites excluding steroid dienone is 1. The van der Waals surface area contributed by atoms with Crippen LogP contribution in [0, 0.1) is 0 Å². The zero-order chi connectivity index (χ0) is 9.26. The zero-order valence-corrected chi connectivity index (χ0v) is 8.59. The molecule has 1 nitrogen and oxygen atoms in total. The summed E-state index contributed by atoms with van der Waals surface area (Å²) in [6.45, 7) is 6.54. The molecule has 72 valence electrons. The normalized spacial score (nSPS) is 34.1. The topological polar surface area (TPSA) is 9.23 Å². The Kier molecular flexibility index (Phi) is 2.78. The van der Waals surface area contributed by atoms with Gasteiger partial charge in [-0.15, -0.1) is 6.58 Å². The molecule has 2 saturated heterocycles. The second-order valence-corrected chi connectivity index (χ2v) is 4.65. The zero-order valence-electron chi connectivity index (χ0n) is 8.59. The third-order valence-corrected chi connectivity index (χ3v) is 3.45. The quantitative estimate of drug-likeness (QED) is 0.560. The summed E-state index contributed by atoms with van der Waals surface area (Å²) in [4.78, 5) is 0. The molecule has 13 heavy (non-hydrogen) atoms. The second kappa shape index (κ2) is 3.87. The summed E-state index contributed by atoms with van der Waals surface area (Å²) in [7, 11) is 0. The minimum atomic E-state index is 0.370. The van der Waals surface area contributed by atoms with Crippen LogP contribution < -0.4 is 0 Å². The van der Waals surface area contributed by atoms with E-state index in [0.29, 0.717) is 13.0 Å². The first-order valence-electron chi connectivity index (χ1n) is 5.58. The van der Waals surface area contributed by atoms with Crippen LogP contribution in [0.25, 0.3) is 0 Å². The smallest absolute Gasteiger partial charge is 0.325 e. The van der Waals surface area contributed by atoms with Crippen molar-refractivity contribution in [2.75, 3.05) is 0 Å². The van der Waals surface area contributed by atoms with Crippen LogP contribution in [0.5, 0.6) is 0 Å². The van der Waals surface area contributed by atoms with Crippen molar-refractivity contribution in [3.8, 4) is 0 Å². The lowest BCUT2D eigenvalue weighted by molar-refractivity contribution is 0.190. The molecule has 0 radical (unpaired) electrons. The van der Waals surface area contributed by atoms with Crippen molar-refractivity contribution in [2.45, 2.75) is 57.4 Å². The third kappa shape index (κ3) is 1.99. The predicted molar refractivity (Wildman–Crippen MR) is 56.9 cm³/mol. The summed E-state index contributed by atoms with van der Waals surface area (Å²) in [6.07, 6.45) is 8.52. The van der Waals surface area contributed by atoms with Crippen molar-refractivity contribution in [3.63, 3.8) is 0 Å². The van der Waals surface area contributed by atoms with Crippen molar-refractivity contribution in [3.05, 3.63) is 12.1 Å². The van der Waals surface area contributed by atoms with Crippen molar-refractivity contribution < 1.29 is 4.65 Å². The molecule has 2 heteroatoms. The van der Waals surface area contributed by atoms with Gasteiger partial charge in [0.1, 0.15) is 0 Å². The molecular formula is C11H19BO. The van der Waals surface area contributed by atoms with Crippen LogP contribution in [0.2, 0.25) is 5.82 Å². The Morgan fingerprint density at radius 2 is 1.85 bits per heavy atom. The average molecular weight is 178 g/mol. The van der Waals surface area contributed by atoms with E-state index >= 15 is 0 Å². The minimum absolute atomic E-state index is 0.370. The molecule has 2 rings (SSSR count). The fraction of sp³-hybridized carbons (Fsp3) is 0.818. The van der Waals surface area contributed by atoms with Crippen molar-refractivity contribution in [1.29, 1.82) is 0 Å². The number of hydrogen-bond acceptors (Lipinski definition) is 1. The van der Waals surface area contributed by atoms with Crippen molar-refractivity contribution in [1.82, 2.24) is 0 Å². The maximum absolute atomic E-state index is 6.10. The monoisotopic (exact) mass is 178 g/mol.